The van der Waals surface area contributed by atoms with Gasteiger partial charge in [0, 0.05) is 11.1 Å². The van der Waals surface area contributed by atoms with Gasteiger partial charge >= 0.3 is 0 Å². The lowest BCUT2D eigenvalue weighted by molar-refractivity contribution is -0.128. The Kier molecular flexibility index (Phi) is 5.48. The maximum Gasteiger partial charge on any atom is 0.260 e. The summed E-state index contributed by atoms with van der Waals surface area (Å²) in [7, 11) is 0. The van der Waals surface area contributed by atoms with E-state index in [2.05, 4.69) is 19.2 Å². The predicted octanol–water partition coefficient (Wildman–Crippen LogP) is 3.27. The lowest BCUT2D eigenvalue weighted by Gasteiger charge is -2.21. The summed E-state index contributed by atoms with van der Waals surface area (Å²) in [5.41, 5.74) is 0. The van der Waals surface area contributed by atoms with E-state index in [-0.39, 0.29) is 11.9 Å². The van der Waals surface area contributed by atoms with Crippen molar-refractivity contribution in [1.82, 2.24) is 5.32 Å². The summed E-state index contributed by atoms with van der Waals surface area (Å²) in [5, 5.41) is 3.57. The van der Waals surface area contributed by atoms with Crippen LogP contribution in [0.5, 0.6) is 5.75 Å². The summed E-state index contributed by atoms with van der Waals surface area (Å²) in [4.78, 5) is 11.9. The van der Waals surface area contributed by atoms with Gasteiger partial charge in [0.15, 0.2) is 6.10 Å². The fourth-order valence-corrected chi connectivity index (χ4v) is 1.41. The number of amides is 1. The summed E-state index contributed by atoms with van der Waals surface area (Å²) >= 11 is 5.78. The van der Waals surface area contributed by atoms with Gasteiger partial charge < -0.3 is 10.1 Å². The smallest absolute Gasteiger partial charge is 0.260 e. The van der Waals surface area contributed by atoms with Gasteiger partial charge in [-0.3, -0.25) is 4.79 Å². The Hall–Kier alpha value is -1.22. The molecule has 0 aliphatic rings. The van der Waals surface area contributed by atoms with Crippen molar-refractivity contribution in [3.8, 4) is 5.75 Å². The Morgan fingerprint density at radius 1 is 1.17 bits per heavy atom. The van der Waals surface area contributed by atoms with E-state index in [1.807, 2.05) is 6.92 Å². The molecular formula is C14H20ClNO2. The molecule has 0 aliphatic heterocycles. The largest absolute Gasteiger partial charge is 0.481 e. The molecule has 0 fully saturated rings. The average Bonchev–Trinajstić information content (AvgIpc) is 2.31. The highest BCUT2D eigenvalue weighted by atomic mass is 35.5. The normalized spacial score (nSPS) is 14.1. The number of benzene rings is 1. The van der Waals surface area contributed by atoms with Gasteiger partial charge in [0.05, 0.1) is 0 Å². The molecule has 1 N–H and O–H groups in total. The summed E-state index contributed by atoms with van der Waals surface area (Å²) in [5.74, 6) is 0.932. The molecule has 0 aliphatic carbocycles. The molecule has 0 bridgehead atoms. The van der Waals surface area contributed by atoms with E-state index in [9.17, 15) is 4.79 Å². The van der Waals surface area contributed by atoms with Crippen molar-refractivity contribution in [1.29, 1.82) is 0 Å². The third-order valence-electron chi connectivity index (χ3n) is 2.87. The third-order valence-corrected chi connectivity index (χ3v) is 3.12. The Bertz CT molecular complexity index is 389. The first-order chi connectivity index (χ1) is 8.40. The molecule has 0 heterocycles. The van der Waals surface area contributed by atoms with Crippen LogP contribution in [-0.4, -0.2) is 18.1 Å². The van der Waals surface area contributed by atoms with E-state index < -0.39 is 6.10 Å². The van der Waals surface area contributed by atoms with Crippen molar-refractivity contribution < 1.29 is 9.53 Å². The lowest BCUT2D eigenvalue weighted by atomic mass is 10.1. The Labute approximate surface area is 113 Å². The number of rotatable bonds is 5. The van der Waals surface area contributed by atoms with Crippen molar-refractivity contribution >= 4 is 17.5 Å². The Morgan fingerprint density at radius 3 is 2.22 bits per heavy atom. The van der Waals surface area contributed by atoms with E-state index >= 15 is 0 Å². The first-order valence-electron chi connectivity index (χ1n) is 6.12. The standard InChI is InChI=1S/C14H20ClNO2/c1-9(2)10(3)16-14(17)11(4)18-13-7-5-12(15)6-8-13/h5-11H,1-4H3,(H,16,17)/t10-,11-/m0/s1. The number of halogens is 1. The van der Waals surface area contributed by atoms with E-state index in [0.29, 0.717) is 16.7 Å². The molecule has 0 unspecified atom stereocenters. The summed E-state index contributed by atoms with van der Waals surface area (Å²) in [6, 6.07) is 7.10. The van der Waals surface area contributed by atoms with Crippen molar-refractivity contribution in [3.05, 3.63) is 29.3 Å². The van der Waals surface area contributed by atoms with Crippen LogP contribution in [0.1, 0.15) is 27.7 Å². The highest BCUT2D eigenvalue weighted by Gasteiger charge is 2.18. The van der Waals surface area contributed by atoms with Crippen molar-refractivity contribution in [2.75, 3.05) is 0 Å². The zero-order valence-corrected chi connectivity index (χ0v) is 12.0. The van der Waals surface area contributed by atoms with Crippen LogP contribution in [0.25, 0.3) is 0 Å². The van der Waals surface area contributed by atoms with Crippen LogP contribution < -0.4 is 10.1 Å². The summed E-state index contributed by atoms with van der Waals surface area (Å²) in [6.07, 6.45) is -0.521. The molecule has 18 heavy (non-hydrogen) atoms. The molecule has 0 saturated heterocycles. The number of ether oxygens (including phenoxy) is 1. The van der Waals surface area contributed by atoms with Gasteiger partial charge in [0.1, 0.15) is 5.75 Å². The maximum absolute atomic E-state index is 11.9. The van der Waals surface area contributed by atoms with Crippen LogP contribution in [0.4, 0.5) is 0 Å². The van der Waals surface area contributed by atoms with Crippen molar-refractivity contribution in [2.45, 2.75) is 39.8 Å². The molecule has 1 aromatic carbocycles. The minimum atomic E-state index is -0.521. The summed E-state index contributed by atoms with van der Waals surface area (Å²) in [6.45, 7) is 7.85. The highest BCUT2D eigenvalue weighted by Crippen LogP contribution is 2.16. The van der Waals surface area contributed by atoms with Gasteiger partial charge in [-0.05, 0) is 44.0 Å². The first-order valence-corrected chi connectivity index (χ1v) is 6.50. The molecule has 0 spiro atoms. The van der Waals surface area contributed by atoms with Crippen LogP contribution >= 0.6 is 11.6 Å². The molecule has 3 nitrogen and oxygen atoms in total. The van der Waals surface area contributed by atoms with E-state index in [1.54, 1.807) is 31.2 Å². The van der Waals surface area contributed by atoms with E-state index in [1.165, 1.54) is 0 Å². The predicted molar refractivity (Wildman–Crippen MR) is 74.0 cm³/mol. The number of carbonyl (C=O) groups excluding carboxylic acids is 1. The van der Waals surface area contributed by atoms with Crippen LogP contribution in [0.15, 0.2) is 24.3 Å². The molecule has 0 aromatic heterocycles. The molecule has 1 rings (SSSR count). The van der Waals surface area contributed by atoms with E-state index in [4.69, 9.17) is 16.3 Å². The monoisotopic (exact) mass is 269 g/mol. The van der Waals surface area contributed by atoms with Gasteiger partial charge in [-0.15, -0.1) is 0 Å². The van der Waals surface area contributed by atoms with Crippen LogP contribution in [0.2, 0.25) is 5.02 Å². The number of nitrogens with one attached hydrogen (secondary N) is 1. The van der Waals surface area contributed by atoms with Crippen molar-refractivity contribution in [2.24, 2.45) is 5.92 Å². The second-order valence-corrected chi connectivity index (χ2v) is 5.19. The molecule has 0 radical (unpaired) electrons. The highest BCUT2D eigenvalue weighted by molar-refractivity contribution is 6.30. The fraction of sp³-hybridized carbons (Fsp3) is 0.500. The van der Waals surface area contributed by atoms with Crippen molar-refractivity contribution in [3.63, 3.8) is 0 Å². The molecule has 1 aromatic rings. The first kappa shape index (κ1) is 14.8. The minimum absolute atomic E-state index is 0.105. The second kappa shape index (κ2) is 6.64. The number of hydrogen-bond acceptors (Lipinski definition) is 2. The number of hydrogen-bond donors (Lipinski definition) is 1. The van der Waals surface area contributed by atoms with Crippen LogP contribution in [-0.2, 0) is 4.79 Å². The second-order valence-electron chi connectivity index (χ2n) is 4.76. The SMILES string of the molecule is CC(C)[C@H](C)NC(=O)[C@H](C)Oc1ccc(Cl)cc1. The van der Waals surface area contributed by atoms with Gasteiger partial charge in [-0.1, -0.05) is 25.4 Å². The molecule has 2 atom stereocenters. The molecule has 1 amide bonds. The zero-order valence-electron chi connectivity index (χ0n) is 11.2. The van der Waals surface area contributed by atoms with Gasteiger partial charge in [-0.25, -0.2) is 0 Å². The maximum atomic E-state index is 11.9. The minimum Gasteiger partial charge on any atom is -0.481 e. The lowest BCUT2D eigenvalue weighted by Crippen LogP contribution is -2.43. The molecule has 0 saturated carbocycles. The summed E-state index contributed by atoms with van der Waals surface area (Å²) < 4.78 is 5.54. The Morgan fingerprint density at radius 2 is 1.72 bits per heavy atom. The van der Waals surface area contributed by atoms with Gasteiger partial charge in [-0.2, -0.15) is 0 Å². The third kappa shape index (κ3) is 4.57. The fourth-order valence-electron chi connectivity index (χ4n) is 1.28. The Balaban J connectivity index is 2.52. The average molecular weight is 270 g/mol. The molecular weight excluding hydrogens is 250 g/mol. The quantitative estimate of drug-likeness (QED) is 0.891. The molecule has 100 valence electrons. The number of carbonyl (C=O) groups is 1. The van der Waals surface area contributed by atoms with Gasteiger partial charge in [0.25, 0.3) is 5.91 Å². The zero-order chi connectivity index (χ0) is 13.7. The van der Waals surface area contributed by atoms with Gasteiger partial charge in [0.2, 0.25) is 0 Å². The van der Waals surface area contributed by atoms with Crippen LogP contribution in [0.3, 0.4) is 0 Å². The molecule has 4 heteroatoms. The van der Waals surface area contributed by atoms with Crippen LogP contribution in [0, 0.1) is 5.92 Å². The van der Waals surface area contributed by atoms with E-state index in [0.717, 1.165) is 0 Å². The topological polar surface area (TPSA) is 38.3 Å².